The first-order chi connectivity index (χ1) is 9.88. The molecule has 0 atom stereocenters. The molecule has 1 aliphatic rings. The molecule has 1 aromatic rings. The van der Waals surface area contributed by atoms with Crippen molar-refractivity contribution in [1.29, 1.82) is 0 Å². The molecule has 0 radical (unpaired) electrons. The summed E-state index contributed by atoms with van der Waals surface area (Å²) in [5.41, 5.74) is 0. The molecule has 2 heterocycles. The number of piperidine rings is 1. The Morgan fingerprint density at radius 2 is 2.10 bits per heavy atom. The topological polar surface area (TPSA) is 70.8 Å². The van der Waals surface area contributed by atoms with Gasteiger partial charge in [0.25, 0.3) is 0 Å². The van der Waals surface area contributed by atoms with Crippen LogP contribution in [0.5, 0.6) is 0 Å². The van der Waals surface area contributed by atoms with Crippen molar-refractivity contribution in [3.8, 4) is 0 Å². The Bertz CT molecular complexity index is 560. The van der Waals surface area contributed by atoms with E-state index in [-0.39, 0.29) is 11.8 Å². The number of rotatable bonds is 5. The number of hydrogen-bond acceptors (Lipinski definition) is 4. The lowest BCUT2D eigenvalue weighted by atomic mass is 9.96. The van der Waals surface area contributed by atoms with E-state index in [1.54, 1.807) is 18.2 Å². The fourth-order valence-electron chi connectivity index (χ4n) is 2.59. The summed E-state index contributed by atoms with van der Waals surface area (Å²) < 4.78 is 29.6. The number of sulfonamides is 1. The van der Waals surface area contributed by atoms with Gasteiger partial charge in [0, 0.05) is 39.0 Å². The summed E-state index contributed by atoms with van der Waals surface area (Å²) in [6.45, 7) is 1.47. The predicted octanol–water partition coefficient (Wildman–Crippen LogP) is 0.952. The van der Waals surface area contributed by atoms with E-state index in [0.29, 0.717) is 38.9 Å². The second kappa shape index (κ2) is 6.62. The van der Waals surface area contributed by atoms with Crippen molar-refractivity contribution >= 4 is 15.9 Å². The van der Waals surface area contributed by atoms with Crippen molar-refractivity contribution in [2.75, 3.05) is 32.9 Å². The lowest BCUT2D eigenvalue weighted by Crippen LogP contribution is -2.43. The van der Waals surface area contributed by atoms with Crippen LogP contribution in [0.25, 0.3) is 0 Å². The molecule has 0 saturated carbocycles. The fourth-order valence-corrected chi connectivity index (χ4v) is 3.46. The van der Waals surface area contributed by atoms with Gasteiger partial charge in [-0.25, -0.2) is 12.7 Å². The summed E-state index contributed by atoms with van der Waals surface area (Å²) in [5, 5.41) is 0. The molecular formula is C14H22N2O4S. The van der Waals surface area contributed by atoms with Crippen LogP contribution in [0, 0.1) is 5.92 Å². The number of nitrogens with zero attached hydrogens (tertiary/aromatic N) is 2. The minimum atomic E-state index is -3.14. The number of amides is 1. The first-order valence-corrected chi connectivity index (χ1v) is 8.95. The second-order valence-corrected chi connectivity index (χ2v) is 7.51. The number of carbonyl (C=O) groups is 1. The minimum Gasteiger partial charge on any atom is -0.469 e. The van der Waals surface area contributed by atoms with Crippen molar-refractivity contribution in [3.63, 3.8) is 0 Å². The standard InChI is InChI=1S/C14H22N2O4S/c1-15(8-7-13-4-3-11-20-13)14(17)12-5-9-16(10-6-12)21(2,18)19/h3-4,11-12H,5-10H2,1-2H3. The Morgan fingerprint density at radius 1 is 1.43 bits per heavy atom. The second-order valence-electron chi connectivity index (χ2n) is 5.53. The molecule has 0 aliphatic carbocycles. The van der Waals surface area contributed by atoms with Gasteiger partial charge < -0.3 is 9.32 Å². The quantitative estimate of drug-likeness (QED) is 0.811. The molecule has 6 nitrogen and oxygen atoms in total. The number of likely N-dealkylation sites (N-methyl/N-ethyl adjacent to an activating group) is 1. The molecule has 1 fully saturated rings. The normalized spacial score (nSPS) is 17.8. The van der Waals surface area contributed by atoms with Crippen LogP contribution in [0.2, 0.25) is 0 Å². The Morgan fingerprint density at radius 3 is 2.62 bits per heavy atom. The molecule has 118 valence electrons. The van der Waals surface area contributed by atoms with E-state index in [2.05, 4.69) is 0 Å². The summed E-state index contributed by atoms with van der Waals surface area (Å²) in [7, 11) is -1.35. The minimum absolute atomic E-state index is 0.0791. The number of hydrogen-bond donors (Lipinski definition) is 0. The maximum atomic E-state index is 12.3. The van der Waals surface area contributed by atoms with Crippen LogP contribution in [0.1, 0.15) is 18.6 Å². The van der Waals surface area contributed by atoms with Crippen LogP contribution in [-0.4, -0.2) is 56.5 Å². The van der Waals surface area contributed by atoms with Crippen LogP contribution in [0.3, 0.4) is 0 Å². The Balaban J connectivity index is 1.81. The molecule has 1 aromatic heterocycles. The van der Waals surface area contributed by atoms with Crippen molar-refractivity contribution in [3.05, 3.63) is 24.2 Å². The Kier molecular flexibility index (Phi) is 5.05. The molecule has 1 aliphatic heterocycles. The van der Waals surface area contributed by atoms with E-state index in [0.717, 1.165) is 5.76 Å². The molecule has 0 unspecified atom stereocenters. The van der Waals surface area contributed by atoms with Gasteiger partial charge in [-0.15, -0.1) is 0 Å². The number of furan rings is 1. The summed E-state index contributed by atoms with van der Waals surface area (Å²) >= 11 is 0. The summed E-state index contributed by atoms with van der Waals surface area (Å²) in [5.74, 6) is 0.876. The lowest BCUT2D eigenvalue weighted by Gasteiger charge is -2.31. The highest BCUT2D eigenvalue weighted by Crippen LogP contribution is 2.21. The van der Waals surface area contributed by atoms with E-state index in [9.17, 15) is 13.2 Å². The third-order valence-electron chi connectivity index (χ3n) is 3.92. The lowest BCUT2D eigenvalue weighted by molar-refractivity contribution is -0.135. The molecule has 0 bridgehead atoms. The van der Waals surface area contributed by atoms with Crippen LogP contribution >= 0.6 is 0 Å². The van der Waals surface area contributed by atoms with Crippen LogP contribution in [0.4, 0.5) is 0 Å². The zero-order valence-electron chi connectivity index (χ0n) is 12.5. The van der Waals surface area contributed by atoms with Crippen LogP contribution in [0.15, 0.2) is 22.8 Å². The largest absolute Gasteiger partial charge is 0.469 e. The molecular weight excluding hydrogens is 292 g/mol. The highest BCUT2D eigenvalue weighted by atomic mass is 32.2. The van der Waals surface area contributed by atoms with Crippen molar-refractivity contribution < 1.29 is 17.6 Å². The maximum absolute atomic E-state index is 12.3. The molecule has 0 N–H and O–H groups in total. The highest BCUT2D eigenvalue weighted by Gasteiger charge is 2.30. The monoisotopic (exact) mass is 314 g/mol. The third-order valence-corrected chi connectivity index (χ3v) is 5.23. The van der Waals surface area contributed by atoms with Crippen molar-refractivity contribution in [2.45, 2.75) is 19.3 Å². The van der Waals surface area contributed by atoms with Gasteiger partial charge in [0.2, 0.25) is 15.9 Å². The zero-order valence-corrected chi connectivity index (χ0v) is 13.3. The van der Waals surface area contributed by atoms with Gasteiger partial charge in [0.15, 0.2) is 0 Å². The van der Waals surface area contributed by atoms with Gasteiger partial charge in [-0.05, 0) is 25.0 Å². The van der Waals surface area contributed by atoms with Gasteiger partial charge in [-0.3, -0.25) is 4.79 Å². The molecule has 0 spiro atoms. The molecule has 7 heteroatoms. The SMILES string of the molecule is CN(CCc1ccco1)C(=O)C1CCN(S(C)(=O)=O)CC1. The van der Waals surface area contributed by atoms with E-state index in [1.165, 1.54) is 10.6 Å². The van der Waals surface area contributed by atoms with Gasteiger partial charge >= 0.3 is 0 Å². The van der Waals surface area contributed by atoms with Gasteiger partial charge in [-0.1, -0.05) is 0 Å². The smallest absolute Gasteiger partial charge is 0.225 e. The first kappa shape index (κ1) is 16.0. The molecule has 0 aromatic carbocycles. The van der Waals surface area contributed by atoms with E-state index in [4.69, 9.17) is 4.42 Å². The first-order valence-electron chi connectivity index (χ1n) is 7.10. The fraction of sp³-hybridized carbons (Fsp3) is 0.643. The van der Waals surface area contributed by atoms with Crippen molar-refractivity contribution in [2.24, 2.45) is 5.92 Å². The van der Waals surface area contributed by atoms with Gasteiger partial charge in [0.05, 0.1) is 12.5 Å². The molecule has 21 heavy (non-hydrogen) atoms. The van der Waals surface area contributed by atoms with E-state index < -0.39 is 10.0 Å². The molecule has 1 amide bonds. The third kappa shape index (κ3) is 4.31. The Labute approximate surface area is 125 Å². The molecule has 2 rings (SSSR count). The Hall–Kier alpha value is -1.34. The van der Waals surface area contributed by atoms with Gasteiger partial charge in [-0.2, -0.15) is 0 Å². The summed E-state index contributed by atoms with van der Waals surface area (Å²) in [6, 6.07) is 3.72. The maximum Gasteiger partial charge on any atom is 0.225 e. The van der Waals surface area contributed by atoms with Crippen LogP contribution < -0.4 is 0 Å². The van der Waals surface area contributed by atoms with E-state index >= 15 is 0 Å². The van der Waals surface area contributed by atoms with Crippen LogP contribution in [-0.2, 0) is 21.2 Å². The summed E-state index contributed by atoms with van der Waals surface area (Å²) in [6.07, 6.45) is 4.72. The van der Waals surface area contributed by atoms with E-state index in [1.807, 2.05) is 12.1 Å². The van der Waals surface area contributed by atoms with Crippen molar-refractivity contribution in [1.82, 2.24) is 9.21 Å². The average molecular weight is 314 g/mol. The number of carbonyl (C=O) groups excluding carboxylic acids is 1. The molecule has 1 saturated heterocycles. The van der Waals surface area contributed by atoms with Gasteiger partial charge in [0.1, 0.15) is 5.76 Å². The highest BCUT2D eigenvalue weighted by molar-refractivity contribution is 7.88. The average Bonchev–Trinajstić information content (AvgIpc) is 2.96. The zero-order chi connectivity index (χ0) is 15.5. The summed E-state index contributed by atoms with van der Waals surface area (Å²) in [4.78, 5) is 14.1. The predicted molar refractivity (Wildman–Crippen MR) is 79.2 cm³/mol.